The summed E-state index contributed by atoms with van der Waals surface area (Å²) in [5.41, 5.74) is 2.60. The molecule has 0 saturated carbocycles. The van der Waals surface area contributed by atoms with Crippen LogP contribution >= 0.6 is 0 Å². The number of hydrogen-bond donors (Lipinski definition) is 2. The number of allylic oxidation sites excluding steroid dienone is 1. The van der Waals surface area contributed by atoms with Crippen molar-refractivity contribution in [2.45, 2.75) is 32.0 Å². The number of aromatic hydroxyl groups is 1. The van der Waals surface area contributed by atoms with Crippen molar-refractivity contribution in [1.82, 2.24) is 15.0 Å². The molecule has 1 atom stereocenters. The monoisotopic (exact) mass is 404 g/mol. The average molecular weight is 404 g/mol. The van der Waals surface area contributed by atoms with E-state index in [9.17, 15) is 10.2 Å². The molecule has 0 radical (unpaired) electrons. The third kappa shape index (κ3) is 4.11. The molecule has 1 aromatic carbocycles. The van der Waals surface area contributed by atoms with E-state index in [1.165, 1.54) is 0 Å². The lowest BCUT2D eigenvalue weighted by Crippen LogP contribution is -2.22. The Balaban J connectivity index is 1.44. The van der Waals surface area contributed by atoms with E-state index in [-0.39, 0.29) is 18.0 Å². The van der Waals surface area contributed by atoms with E-state index in [2.05, 4.69) is 25.9 Å². The van der Waals surface area contributed by atoms with Crippen molar-refractivity contribution in [3.63, 3.8) is 0 Å². The van der Waals surface area contributed by atoms with Crippen molar-refractivity contribution >= 4 is 16.6 Å². The maximum atomic E-state index is 10.1. The summed E-state index contributed by atoms with van der Waals surface area (Å²) in [6, 6.07) is 9.63. The number of aromatic nitrogens is 3. The summed E-state index contributed by atoms with van der Waals surface area (Å²) >= 11 is 0. The molecule has 0 spiro atoms. The lowest BCUT2D eigenvalue weighted by atomic mass is 9.98. The lowest BCUT2D eigenvalue weighted by Gasteiger charge is -2.26. The molecule has 2 heterocycles. The van der Waals surface area contributed by atoms with Gasteiger partial charge in [0.2, 0.25) is 5.88 Å². The van der Waals surface area contributed by atoms with Gasteiger partial charge < -0.3 is 19.8 Å². The summed E-state index contributed by atoms with van der Waals surface area (Å²) in [4.78, 5) is 14.4. The maximum Gasteiger partial charge on any atom is 0.320 e. The van der Waals surface area contributed by atoms with E-state index >= 15 is 0 Å². The molecule has 30 heavy (non-hydrogen) atoms. The number of likely N-dealkylation sites (N-methyl/N-ethyl adjacent to an activating group) is 1. The van der Waals surface area contributed by atoms with Crippen LogP contribution in [0.2, 0.25) is 0 Å². The highest BCUT2D eigenvalue weighted by Crippen LogP contribution is 2.27. The molecule has 1 unspecified atom stereocenters. The second-order valence-corrected chi connectivity index (χ2v) is 7.77. The van der Waals surface area contributed by atoms with Gasteiger partial charge in [-0.2, -0.15) is 9.97 Å². The number of aliphatic hydroxyl groups is 1. The summed E-state index contributed by atoms with van der Waals surface area (Å²) < 4.78 is 5.84. The zero-order valence-electron chi connectivity index (χ0n) is 17.1. The first kappa shape index (κ1) is 19.8. The minimum atomic E-state index is -0.860. The zero-order valence-corrected chi connectivity index (χ0v) is 17.1. The van der Waals surface area contributed by atoms with Crippen LogP contribution in [0.3, 0.4) is 0 Å². The van der Waals surface area contributed by atoms with Gasteiger partial charge in [0.25, 0.3) is 0 Å². The minimum absolute atomic E-state index is 0.120. The molecule has 0 aliphatic heterocycles. The van der Waals surface area contributed by atoms with E-state index in [1.807, 2.05) is 43.5 Å². The number of rotatable bonds is 5. The quantitative estimate of drug-likeness (QED) is 0.670. The summed E-state index contributed by atoms with van der Waals surface area (Å²) in [6.07, 6.45) is 9.58. The summed E-state index contributed by atoms with van der Waals surface area (Å²) in [7, 11) is 1.99. The predicted molar refractivity (Wildman–Crippen MR) is 115 cm³/mol. The van der Waals surface area contributed by atoms with Gasteiger partial charge in [-0.15, -0.1) is 0 Å². The molecule has 154 valence electrons. The van der Waals surface area contributed by atoms with Gasteiger partial charge in [-0.3, -0.25) is 4.98 Å². The Morgan fingerprint density at radius 3 is 2.57 bits per heavy atom. The molecule has 4 rings (SSSR count). The second kappa shape index (κ2) is 7.76. The molecule has 2 aromatic heterocycles. The van der Waals surface area contributed by atoms with Gasteiger partial charge in [0.15, 0.2) is 0 Å². The molecule has 7 nitrogen and oxygen atoms in total. The van der Waals surface area contributed by atoms with Crippen molar-refractivity contribution in [1.29, 1.82) is 0 Å². The van der Waals surface area contributed by atoms with Crippen LogP contribution < -0.4 is 9.64 Å². The zero-order chi connectivity index (χ0) is 21.3. The Kier molecular flexibility index (Phi) is 5.13. The first-order chi connectivity index (χ1) is 14.3. The fourth-order valence-corrected chi connectivity index (χ4v) is 3.30. The van der Waals surface area contributed by atoms with E-state index in [4.69, 9.17) is 4.74 Å². The highest BCUT2D eigenvalue weighted by atomic mass is 16.5. The van der Waals surface area contributed by atoms with E-state index in [0.717, 1.165) is 16.9 Å². The van der Waals surface area contributed by atoms with E-state index in [1.54, 1.807) is 32.3 Å². The summed E-state index contributed by atoms with van der Waals surface area (Å²) in [6.45, 7) is 3.54. The number of nitrogens with zero attached hydrogens (tertiary/aromatic N) is 4. The Labute approximate surface area is 175 Å². The molecule has 7 heteroatoms. The number of benzene rings is 1. The lowest BCUT2D eigenvalue weighted by molar-refractivity contribution is 0.0786. The van der Waals surface area contributed by atoms with Crippen LogP contribution in [0.1, 0.15) is 25.8 Å². The Morgan fingerprint density at radius 2 is 1.90 bits per heavy atom. The first-order valence-electron chi connectivity index (χ1n) is 9.73. The minimum Gasteiger partial charge on any atom is -0.493 e. The van der Waals surface area contributed by atoms with Gasteiger partial charge >= 0.3 is 6.01 Å². The van der Waals surface area contributed by atoms with Gasteiger partial charge in [0.1, 0.15) is 6.10 Å². The predicted octanol–water partition coefficient (Wildman–Crippen LogP) is 3.69. The maximum absolute atomic E-state index is 10.1. The normalized spacial score (nSPS) is 16.4. The number of ether oxygens (including phenoxy) is 1. The fraction of sp³-hybridized carbons (Fsp3) is 0.261. The number of fused-ring (bicyclic) bond motifs is 1. The molecule has 0 fully saturated rings. The number of hydrogen-bond acceptors (Lipinski definition) is 7. The van der Waals surface area contributed by atoms with Gasteiger partial charge in [0, 0.05) is 31.0 Å². The Morgan fingerprint density at radius 1 is 1.13 bits per heavy atom. The first-order valence-corrected chi connectivity index (χ1v) is 9.73. The van der Waals surface area contributed by atoms with Crippen LogP contribution in [0.15, 0.2) is 66.7 Å². The number of pyridine rings is 1. The van der Waals surface area contributed by atoms with Crippen molar-refractivity contribution in [2.24, 2.45) is 0 Å². The van der Waals surface area contributed by atoms with Gasteiger partial charge in [-0.1, -0.05) is 18.2 Å². The molecule has 0 bridgehead atoms. The van der Waals surface area contributed by atoms with E-state index < -0.39 is 5.60 Å². The fourth-order valence-electron chi connectivity index (χ4n) is 3.30. The standard InChI is InChI=1S/C23H24N4O3/c1-23(2,29)15-4-6-16(7-5-15)27(3)17-8-10-18(11-9-17)30-22-25-20-14-24-13-12-19(20)21(28)26-22/h4-10,12-14,18,29H,11H2,1-3H3,(H,25,26,28). The van der Waals surface area contributed by atoms with Crippen LogP contribution in [0, 0.1) is 0 Å². The van der Waals surface area contributed by atoms with Crippen LogP contribution in [-0.2, 0) is 5.60 Å². The molecule has 1 aliphatic rings. The Hall–Kier alpha value is -3.45. The van der Waals surface area contributed by atoms with Crippen LogP contribution in [0.4, 0.5) is 5.69 Å². The molecular weight excluding hydrogens is 380 g/mol. The summed E-state index contributed by atoms with van der Waals surface area (Å²) in [5, 5.41) is 20.7. The molecule has 0 saturated heterocycles. The average Bonchev–Trinajstić information content (AvgIpc) is 2.73. The molecular formula is C23H24N4O3. The van der Waals surface area contributed by atoms with Gasteiger partial charge in [-0.05, 0) is 49.8 Å². The van der Waals surface area contributed by atoms with Crippen molar-refractivity contribution in [3.8, 4) is 11.9 Å². The molecule has 3 aromatic rings. The number of anilines is 1. The second-order valence-electron chi connectivity index (χ2n) is 7.77. The Bertz CT molecular complexity index is 1120. The van der Waals surface area contributed by atoms with Crippen molar-refractivity contribution < 1.29 is 14.9 Å². The highest BCUT2D eigenvalue weighted by Gasteiger charge is 2.18. The molecule has 2 N–H and O–H groups in total. The highest BCUT2D eigenvalue weighted by molar-refractivity contribution is 5.82. The SMILES string of the molecule is CN(C1=CCC(Oc2nc(O)c3ccncc3n2)C=C1)c1ccc(C(C)(C)O)cc1. The van der Waals surface area contributed by atoms with Crippen molar-refractivity contribution in [3.05, 3.63) is 72.2 Å². The third-order valence-corrected chi connectivity index (χ3v) is 5.10. The third-order valence-electron chi connectivity index (χ3n) is 5.10. The topological polar surface area (TPSA) is 91.6 Å². The van der Waals surface area contributed by atoms with Gasteiger partial charge in [0.05, 0.1) is 22.7 Å². The summed E-state index contributed by atoms with van der Waals surface area (Å²) in [5.74, 6) is -0.123. The molecule has 0 amide bonds. The van der Waals surface area contributed by atoms with Crippen LogP contribution in [0.25, 0.3) is 10.9 Å². The van der Waals surface area contributed by atoms with E-state index in [0.29, 0.717) is 17.3 Å². The van der Waals surface area contributed by atoms with Crippen LogP contribution in [-0.4, -0.2) is 38.3 Å². The van der Waals surface area contributed by atoms with Crippen LogP contribution in [0.5, 0.6) is 11.9 Å². The largest absolute Gasteiger partial charge is 0.493 e. The smallest absolute Gasteiger partial charge is 0.320 e. The van der Waals surface area contributed by atoms with Gasteiger partial charge in [-0.25, -0.2) is 0 Å². The molecule has 1 aliphatic carbocycles. The van der Waals surface area contributed by atoms with Crippen molar-refractivity contribution in [2.75, 3.05) is 11.9 Å².